The van der Waals surface area contributed by atoms with Crippen LogP contribution in [0.2, 0.25) is 0 Å². The molecule has 0 aromatic carbocycles. The number of aliphatic hydroxyl groups excluding tert-OH is 1. The summed E-state index contributed by atoms with van der Waals surface area (Å²) in [6.45, 7) is 0.143. The number of aliphatic hydroxyl groups is 1. The topological polar surface area (TPSA) is 90.4 Å². The molecule has 1 fully saturated rings. The summed E-state index contributed by atoms with van der Waals surface area (Å²) in [5.41, 5.74) is 4.27. The first-order valence-electron chi connectivity index (χ1n) is 6.46. The Labute approximate surface area is 114 Å². The van der Waals surface area contributed by atoms with Crippen LogP contribution in [0.4, 0.5) is 13.6 Å². The lowest BCUT2D eigenvalue weighted by Gasteiger charge is -2.27. The molecular weight excluding hydrogens is 272 g/mol. The molecule has 0 radical (unpaired) electrons. The van der Waals surface area contributed by atoms with Crippen molar-refractivity contribution in [3.63, 3.8) is 0 Å². The fourth-order valence-corrected chi connectivity index (χ4v) is 2.51. The summed E-state index contributed by atoms with van der Waals surface area (Å²) in [5, 5.41) is 12.9. The van der Waals surface area contributed by atoms with E-state index >= 15 is 0 Å². The van der Waals surface area contributed by atoms with E-state index in [9.17, 15) is 13.6 Å². The lowest BCUT2D eigenvalue weighted by atomic mass is 9.87. The molecule has 1 aliphatic rings. The van der Waals surface area contributed by atoms with Crippen LogP contribution in [0.3, 0.4) is 0 Å². The maximum Gasteiger partial charge on any atom is 0.410 e. The van der Waals surface area contributed by atoms with Gasteiger partial charge in [-0.3, -0.25) is 4.68 Å². The van der Waals surface area contributed by atoms with Gasteiger partial charge in [-0.2, -0.15) is 5.10 Å². The van der Waals surface area contributed by atoms with Crippen molar-refractivity contribution in [2.45, 2.75) is 38.2 Å². The van der Waals surface area contributed by atoms with Gasteiger partial charge in [0.25, 0.3) is 6.43 Å². The van der Waals surface area contributed by atoms with Crippen LogP contribution in [0.25, 0.3) is 0 Å². The number of nitrogens with zero attached hydrogens (tertiary/aromatic N) is 2. The van der Waals surface area contributed by atoms with E-state index in [0.717, 1.165) is 25.7 Å². The predicted octanol–water partition coefficient (Wildman–Crippen LogP) is 2.00. The number of halogens is 2. The number of alkyl halides is 2. The Morgan fingerprint density at radius 1 is 1.50 bits per heavy atom. The molecule has 1 aromatic rings. The number of rotatable bonds is 4. The van der Waals surface area contributed by atoms with E-state index in [4.69, 9.17) is 10.8 Å². The number of ether oxygens (including phenoxy) is 1. The zero-order valence-corrected chi connectivity index (χ0v) is 10.8. The Morgan fingerprint density at radius 2 is 2.15 bits per heavy atom. The first-order valence-corrected chi connectivity index (χ1v) is 6.46. The van der Waals surface area contributed by atoms with E-state index in [1.165, 1.54) is 10.9 Å². The lowest BCUT2D eigenvalue weighted by Crippen LogP contribution is -2.20. The minimum absolute atomic E-state index is 0.0273. The second kappa shape index (κ2) is 6.17. The summed E-state index contributed by atoms with van der Waals surface area (Å²) < 4.78 is 31.6. The van der Waals surface area contributed by atoms with Gasteiger partial charge >= 0.3 is 6.09 Å². The van der Waals surface area contributed by atoms with E-state index in [2.05, 4.69) is 9.84 Å². The van der Waals surface area contributed by atoms with Gasteiger partial charge in [-0.25, -0.2) is 13.6 Å². The quantitative estimate of drug-likeness (QED) is 0.887. The largest absolute Gasteiger partial charge is 0.410 e. The molecule has 3 N–H and O–H groups in total. The van der Waals surface area contributed by atoms with Gasteiger partial charge in [0.1, 0.15) is 0 Å². The summed E-state index contributed by atoms with van der Waals surface area (Å²) in [6, 6.07) is -0.0273. The third kappa shape index (κ3) is 3.24. The number of amides is 1. The number of carbonyl (C=O) groups excluding carboxylic acids is 1. The van der Waals surface area contributed by atoms with Gasteiger partial charge in [-0.1, -0.05) is 0 Å². The SMILES string of the molecule is NC(=O)Oc1cn([C@H]2CC[C@H](CO)CC2)nc1C(F)F. The Hall–Kier alpha value is -1.70. The summed E-state index contributed by atoms with van der Waals surface area (Å²) >= 11 is 0. The van der Waals surface area contributed by atoms with Crippen LogP contribution in [-0.2, 0) is 0 Å². The number of aromatic nitrogens is 2. The van der Waals surface area contributed by atoms with Crippen molar-refractivity contribution in [1.82, 2.24) is 9.78 Å². The molecule has 1 aliphatic carbocycles. The smallest absolute Gasteiger partial charge is 0.407 e. The summed E-state index contributed by atoms with van der Waals surface area (Å²) in [4.78, 5) is 10.7. The third-order valence-electron chi connectivity index (χ3n) is 3.59. The highest BCUT2D eigenvalue weighted by molar-refractivity contribution is 5.68. The molecular formula is C12H17F2N3O3. The van der Waals surface area contributed by atoms with Crippen LogP contribution in [-0.4, -0.2) is 27.6 Å². The first-order chi connectivity index (χ1) is 9.51. The molecule has 2 rings (SSSR count). The van der Waals surface area contributed by atoms with Crippen molar-refractivity contribution in [2.75, 3.05) is 6.61 Å². The van der Waals surface area contributed by atoms with Crippen molar-refractivity contribution >= 4 is 6.09 Å². The zero-order chi connectivity index (χ0) is 14.7. The van der Waals surface area contributed by atoms with Crippen LogP contribution in [0.1, 0.15) is 43.8 Å². The molecule has 1 saturated carbocycles. The number of hydrogen-bond donors (Lipinski definition) is 2. The van der Waals surface area contributed by atoms with Gasteiger partial charge in [-0.15, -0.1) is 0 Å². The second-order valence-electron chi connectivity index (χ2n) is 4.94. The van der Waals surface area contributed by atoms with Crippen LogP contribution in [0, 0.1) is 5.92 Å². The average Bonchev–Trinajstić information content (AvgIpc) is 2.82. The van der Waals surface area contributed by atoms with Gasteiger partial charge in [0.15, 0.2) is 11.4 Å². The van der Waals surface area contributed by atoms with E-state index in [0.29, 0.717) is 0 Å². The van der Waals surface area contributed by atoms with Crippen molar-refractivity contribution in [1.29, 1.82) is 0 Å². The van der Waals surface area contributed by atoms with Crippen molar-refractivity contribution in [3.8, 4) is 5.75 Å². The van der Waals surface area contributed by atoms with Gasteiger partial charge in [0.2, 0.25) is 0 Å². The maximum absolute atomic E-state index is 12.8. The van der Waals surface area contributed by atoms with E-state index in [1.807, 2.05) is 0 Å². The molecule has 0 bridgehead atoms. The molecule has 1 amide bonds. The number of nitrogens with two attached hydrogens (primary N) is 1. The molecule has 0 spiro atoms. The summed E-state index contributed by atoms with van der Waals surface area (Å²) in [7, 11) is 0. The van der Waals surface area contributed by atoms with E-state index < -0.39 is 18.2 Å². The van der Waals surface area contributed by atoms with Crippen LogP contribution in [0.5, 0.6) is 5.75 Å². The standard InChI is InChI=1S/C12H17F2N3O3/c13-11(14)10-9(20-12(15)19)5-17(16-10)8-3-1-7(6-18)2-4-8/h5,7-8,11,18H,1-4,6H2,(H2,15,19)/t7-,8-. The molecule has 1 aromatic heterocycles. The molecule has 6 nitrogen and oxygen atoms in total. The lowest BCUT2D eigenvalue weighted by molar-refractivity contribution is 0.138. The maximum atomic E-state index is 12.8. The molecule has 0 aliphatic heterocycles. The highest BCUT2D eigenvalue weighted by Crippen LogP contribution is 2.35. The summed E-state index contributed by atoms with van der Waals surface area (Å²) in [6.07, 6.45) is 0.427. The fourth-order valence-electron chi connectivity index (χ4n) is 2.51. The molecule has 0 saturated heterocycles. The van der Waals surface area contributed by atoms with Crippen molar-refractivity contribution in [2.24, 2.45) is 11.7 Å². The Kier molecular flexibility index (Phi) is 4.53. The van der Waals surface area contributed by atoms with Crippen LogP contribution < -0.4 is 10.5 Å². The number of hydrogen-bond acceptors (Lipinski definition) is 4. The first kappa shape index (κ1) is 14.7. The average molecular weight is 289 g/mol. The van der Waals surface area contributed by atoms with Gasteiger partial charge < -0.3 is 15.6 Å². The Bertz CT molecular complexity index is 471. The molecule has 8 heteroatoms. The molecule has 20 heavy (non-hydrogen) atoms. The van der Waals surface area contributed by atoms with Gasteiger partial charge in [-0.05, 0) is 31.6 Å². The van der Waals surface area contributed by atoms with Gasteiger partial charge in [0, 0.05) is 6.61 Å². The van der Waals surface area contributed by atoms with Crippen molar-refractivity contribution < 1.29 is 23.4 Å². The molecule has 112 valence electrons. The number of primary amides is 1. The van der Waals surface area contributed by atoms with E-state index in [1.54, 1.807) is 0 Å². The molecule has 0 unspecified atom stereocenters. The van der Waals surface area contributed by atoms with Crippen molar-refractivity contribution in [3.05, 3.63) is 11.9 Å². The molecule has 0 atom stereocenters. The predicted molar refractivity (Wildman–Crippen MR) is 65.5 cm³/mol. The fraction of sp³-hybridized carbons (Fsp3) is 0.667. The minimum Gasteiger partial charge on any atom is -0.407 e. The highest BCUT2D eigenvalue weighted by Gasteiger charge is 2.27. The Balaban J connectivity index is 2.14. The summed E-state index contributed by atoms with van der Waals surface area (Å²) in [5.74, 6) is -0.0329. The highest BCUT2D eigenvalue weighted by atomic mass is 19.3. The monoisotopic (exact) mass is 289 g/mol. The minimum atomic E-state index is -2.83. The number of carbonyl (C=O) groups is 1. The van der Waals surface area contributed by atoms with Crippen LogP contribution in [0.15, 0.2) is 6.20 Å². The second-order valence-corrected chi connectivity index (χ2v) is 4.94. The molecule has 1 heterocycles. The zero-order valence-electron chi connectivity index (χ0n) is 10.8. The third-order valence-corrected chi connectivity index (χ3v) is 3.59. The van der Waals surface area contributed by atoms with Crippen LogP contribution >= 0.6 is 0 Å². The van der Waals surface area contributed by atoms with E-state index in [-0.39, 0.29) is 24.3 Å². The normalized spacial score (nSPS) is 23.0. The van der Waals surface area contributed by atoms with Gasteiger partial charge in [0.05, 0.1) is 12.2 Å². The Morgan fingerprint density at radius 3 is 2.65 bits per heavy atom.